The number of hydrogen-bond donors (Lipinski definition) is 2. The van der Waals surface area contributed by atoms with Crippen LogP contribution in [0.5, 0.6) is 0 Å². The number of fused-ring (bicyclic) bond motifs is 3. The van der Waals surface area contributed by atoms with Crippen molar-refractivity contribution in [3.8, 4) is 11.1 Å². The van der Waals surface area contributed by atoms with Crippen LogP contribution >= 0.6 is 0 Å². The summed E-state index contributed by atoms with van der Waals surface area (Å²) in [4.78, 5) is 35.7. The maximum Gasteiger partial charge on any atom is 0.410 e. The highest BCUT2D eigenvalue weighted by atomic mass is 16.6. The first-order valence-corrected chi connectivity index (χ1v) is 8.49. The molecule has 2 aromatic carbocycles. The number of nitrogens with two attached hydrogens (primary N) is 1. The Morgan fingerprint density at radius 2 is 1.59 bits per heavy atom. The van der Waals surface area contributed by atoms with Gasteiger partial charge in [-0.15, -0.1) is 0 Å². The zero-order valence-corrected chi connectivity index (χ0v) is 14.8. The number of primary amides is 1. The Hall–Kier alpha value is -3.35. The van der Waals surface area contributed by atoms with Crippen LogP contribution in [-0.2, 0) is 14.3 Å². The molecule has 0 fully saturated rings. The third kappa shape index (κ3) is 3.62. The summed E-state index contributed by atoms with van der Waals surface area (Å²) in [5.74, 6) is -2.24. The van der Waals surface area contributed by atoms with Crippen molar-refractivity contribution in [2.45, 2.75) is 18.4 Å². The number of rotatable bonds is 6. The van der Waals surface area contributed by atoms with Crippen molar-refractivity contribution in [2.24, 2.45) is 5.73 Å². The second-order valence-corrected chi connectivity index (χ2v) is 6.43. The highest BCUT2D eigenvalue weighted by Crippen LogP contribution is 2.44. The summed E-state index contributed by atoms with van der Waals surface area (Å²) in [6.45, 7) is 0.0791. The van der Waals surface area contributed by atoms with Gasteiger partial charge < -0.3 is 15.6 Å². The van der Waals surface area contributed by atoms with Gasteiger partial charge >= 0.3 is 12.1 Å². The van der Waals surface area contributed by atoms with E-state index in [2.05, 4.69) is 0 Å². The standard InChI is InChI=1S/C20H20N2O5/c1-22(17(19(21)25)10-18(23)24)20(26)27-11-16-14-8-4-2-6-12(14)13-7-3-5-9-15(13)16/h2-9,16-17H,10-11H2,1H3,(H2,21,25)(H,23,24)/t17-/m0/s1. The number of carboxylic acids is 1. The zero-order chi connectivity index (χ0) is 19.6. The molecule has 7 nitrogen and oxygen atoms in total. The molecule has 1 aliphatic rings. The van der Waals surface area contributed by atoms with Gasteiger partial charge in [-0.25, -0.2) is 4.79 Å². The molecule has 0 aliphatic heterocycles. The van der Waals surface area contributed by atoms with Crippen LogP contribution in [0.3, 0.4) is 0 Å². The monoisotopic (exact) mass is 368 g/mol. The van der Waals surface area contributed by atoms with Crippen molar-refractivity contribution in [1.29, 1.82) is 0 Å². The second-order valence-electron chi connectivity index (χ2n) is 6.43. The van der Waals surface area contributed by atoms with Crippen LogP contribution in [0.25, 0.3) is 11.1 Å². The third-order valence-corrected chi connectivity index (χ3v) is 4.79. The highest BCUT2D eigenvalue weighted by Gasteiger charge is 2.32. The molecular weight excluding hydrogens is 348 g/mol. The number of benzene rings is 2. The summed E-state index contributed by atoms with van der Waals surface area (Å²) < 4.78 is 5.40. The van der Waals surface area contributed by atoms with Gasteiger partial charge in [-0.2, -0.15) is 0 Å². The molecular formula is C20H20N2O5. The number of carbonyl (C=O) groups excluding carboxylic acids is 2. The van der Waals surface area contributed by atoms with Crippen LogP contribution in [0.15, 0.2) is 48.5 Å². The average Bonchev–Trinajstić information content (AvgIpc) is 2.97. The highest BCUT2D eigenvalue weighted by molar-refractivity contribution is 5.88. The molecule has 2 amide bonds. The lowest BCUT2D eigenvalue weighted by Gasteiger charge is -2.24. The van der Waals surface area contributed by atoms with Crippen LogP contribution < -0.4 is 5.73 Å². The van der Waals surface area contributed by atoms with Crippen molar-refractivity contribution >= 4 is 18.0 Å². The van der Waals surface area contributed by atoms with E-state index in [0.29, 0.717) is 0 Å². The van der Waals surface area contributed by atoms with Crippen molar-refractivity contribution < 1.29 is 24.2 Å². The lowest BCUT2D eigenvalue weighted by Crippen LogP contribution is -2.47. The molecule has 1 aliphatic carbocycles. The molecule has 0 saturated heterocycles. The van der Waals surface area contributed by atoms with E-state index in [-0.39, 0.29) is 12.5 Å². The van der Waals surface area contributed by atoms with Gasteiger partial charge in [0.2, 0.25) is 5.91 Å². The number of hydrogen-bond acceptors (Lipinski definition) is 4. The molecule has 7 heteroatoms. The second kappa shape index (κ2) is 7.49. The van der Waals surface area contributed by atoms with E-state index < -0.39 is 30.4 Å². The molecule has 2 aromatic rings. The maximum absolute atomic E-state index is 12.4. The molecule has 140 valence electrons. The van der Waals surface area contributed by atoms with Gasteiger partial charge in [0.15, 0.2) is 0 Å². The summed E-state index contributed by atoms with van der Waals surface area (Å²) in [7, 11) is 1.30. The Morgan fingerprint density at radius 1 is 1.07 bits per heavy atom. The van der Waals surface area contributed by atoms with Crippen molar-refractivity contribution in [3.05, 3.63) is 59.7 Å². The SMILES string of the molecule is CN(C(=O)OCC1c2ccccc2-c2ccccc21)[C@@H](CC(=O)O)C(N)=O. The van der Waals surface area contributed by atoms with E-state index in [1.807, 2.05) is 48.5 Å². The fourth-order valence-corrected chi connectivity index (χ4v) is 3.42. The van der Waals surface area contributed by atoms with Crippen LogP contribution in [0.2, 0.25) is 0 Å². The van der Waals surface area contributed by atoms with Gasteiger partial charge in [-0.05, 0) is 22.3 Å². The van der Waals surface area contributed by atoms with Gasteiger partial charge in [0, 0.05) is 13.0 Å². The number of carboxylic acid groups (broad SMARTS) is 1. The van der Waals surface area contributed by atoms with Crippen molar-refractivity contribution in [3.63, 3.8) is 0 Å². The number of aliphatic carboxylic acids is 1. The topological polar surface area (TPSA) is 110 Å². The minimum absolute atomic E-state index is 0.0791. The molecule has 0 aromatic heterocycles. The average molecular weight is 368 g/mol. The fourth-order valence-electron chi connectivity index (χ4n) is 3.42. The maximum atomic E-state index is 12.4. The largest absolute Gasteiger partial charge is 0.481 e. The van der Waals surface area contributed by atoms with Crippen LogP contribution in [0, 0.1) is 0 Å². The van der Waals surface area contributed by atoms with Crippen LogP contribution in [0.4, 0.5) is 4.79 Å². The molecule has 1 atom stereocenters. The Bertz CT molecular complexity index is 850. The van der Waals surface area contributed by atoms with Crippen molar-refractivity contribution in [2.75, 3.05) is 13.7 Å². The van der Waals surface area contributed by atoms with Crippen LogP contribution in [-0.4, -0.2) is 47.7 Å². The Labute approximate surface area is 156 Å². The number of amides is 2. The Balaban J connectivity index is 1.75. The summed E-state index contributed by atoms with van der Waals surface area (Å²) >= 11 is 0. The number of carbonyl (C=O) groups is 3. The van der Waals surface area contributed by atoms with Gasteiger partial charge in [-0.3, -0.25) is 14.5 Å². The fraction of sp³-hybridized carbons (Fsp3) is 0.250. The summed E-state index contributed by atoms with van der Waals surface area (Å²) in [6, 6.07) is 14.6. The lowest BCUT2D eigenvalue weighted by atomic mass is 9.98. The van der Waals surface area contributed by atoms with E-state index in [1.165, 1.54) is 7.05 Å². The van der Waals surface area contributed by atoms with Gasteiger partial charge in [-0.1, -0.05) is 48.5 Å². The first-order chi connectivity index (χ1) is 12.9. The minimum atomic E-state index is -1.27. The zero-order valence-electron chi connectivity index (χ0n) is 14.8. The normalized spacial score (nSPS) is 13.4. The first kappa shape index (κ1) is 18.4. The van der Waals surface area contributed by atoms with E-state index in [0.717, 1.165) is 27.2 Å². The summed E-state index contributed by atoms with van der Waals surface area (Å²) in [5.41, 5.74) is 9.54. The molecule has 0 bridgehead atoms. The summed E-state index contributed by atoms with van der Waals surface area (Å²) in [5, 5.41) is 8.90. The van der Waals surface area contributed by atoms with Gasteiger partial charge in [0.1, 0.15) is 12.6 Å². The quantitative estimate of drug-likeness (QED) is 0.812. The molecule has 3 rings (SSSR count). The van der Waals surface area contributed by atoms with Gasteiger partial charge in [0.05, 0.1) is 6.42 Å². The van der Waals surface area contributed by atoms with E-state index in [4.69, 9.17) is 15.6 Å². The first-order valence-electron chi connectivity index (χ1n) is 8.49. The lowest BCUT2D eigenvalue weighted by molar-refractivity contribution is -0.140. The molecule has 0 heterocycles. The van der Waals surface area contributed by atoms with E-state index in [1.54, 1.807) is 0 Å². The molecule has 0 saturated carbocycles. The number of likely N-dealkylation sites (N-methyl/N-ethyl adjacent to an activating group) is 1. The predicted molar refractivity (Wildman–Crippen MR) is 98.1 cm³/mol. The Morgan fingerprint density at radius 3 is 2.07 bits per heavy atom. The third-order valence-electron chi connectivity index (χ3n) is 4.79. The number of ether oxygens (including phenoxy) is 1. The van der Waals surface area contributed by atoms with Crippen molar-refractivity contribution in [1.82, 2.24) is 4.90 Å². The van der Waals surface area contributed by atoms with Gasteiger partial charge in [0.25, 0.3) is 0 Å². The molecule has 0 unspecified atom stereocenters. The van der Waals surface area contributed by atoms with E-state index >= 15 is 0 Å². The minimum Gasteiger partial charge on any atom is -0.481 e. The summed E-state index contributed by atoms with van der Waals surface area (Å²) in [6.07, 6.45) is -1.36. The molecule has 0 radical (unpaired) electrons. The smallest absolute Gasteiger partial charge is 0.410 e. The van der Waals surface area contributed by atoms with E-state index in [9.17, 15) is 14.4 Å². The Kier molecular flexibility index (Phi) is 5.12. The number of nitrogens with zero attached hydrogens (tertiary/aromatic N) is 1. The predicted octanol–water partition coefficient (Wildman–Crippen LogP) is 2.20. The molecule has 3 N–H and O–H groups in total. The molecule has 27 heavy (non-hydrogen) atoms. The van der Waals surface area contributed by atoms with Crippen LogP contribution in [0.1, 0.15) is 23.5 Å². The molecule has 0 spiro atoms.